The molecule has 2 aliphatic heterocycles. The van der Waals surface area contributed by atoms with Crippen LogP contribution >= 0.6 is 139 Å². The van der Waals surface area contributed by atoms with Gasteiger partial charge in [0, 0.05) is 96.5 Å². The van der Waals surface area contributed by atoms with Crippen LogP contribution in [0.5, 0.6) is 0 Å². The maximum atomic E-state index is 13.6. The van der Waals surface area contributed by atoms with Crippen molar-refractivity contribution >= 4 is 171 Å². The summed E-state index contributed by atoms with van der Waals surface area (Å²) in [6.07, 6.45) is 57.5. The highest BCUT2D eigenvalue weighted by Gasteiger charge is 2.46. The van der Waals surface area contributed by atoms with E-state index in [2.05, 4.69) is 160 Å². The molecule has 16 heteroatoms. The van der Waals surface area contributed by atoms with Crippen LogP contribution in [0.3, 0.4) is 0 Å². The number of likely N-dealkylation sites (N-methyl/N-ethyl adjacent to an activating group) is 2. The molecule has 4 nitrogen and oxygen atoms in total. The molecule has 10 heterocycles. The molecular formula is C93H124N2O2S12. The first-order valence-corrected chi connectivity index (χ1v) is 51.9. The first kappa shape index (κ1) is 86.8. The lowest BCUT2D eigenvalue weighted by Crippen LogP contribution is -2.27. The number of carbonyl (C=O) groups is 2. The van der Waals surface area contributed by atoms with Gasteiger partial charge in [0.2, 0.25) is 0 Å². The first-order valence-electron chi connectivity index (χ1n) is 42.9. The van der Waals surface area contributed by atoms with Crippen LogP contribution in [0.2, 0.25) is 0 Å². The highest BCUT2D eigenvalue weighted by molar-refractivity contribution is 8.27. The van der Waals surface area contributed by atoms with Crippen molar-refractivity contribution in [1.82, 2.24) is 9.80 Å². The number of thiophene rings is 8. The quantitative estimate of drug-likeness (QED) is 0.0215. The number of thioether (sulfide) groups is 2. The molecule has 2 fully saturated rings. The van der Waals surface area contributed by atoms with E-state index in [0.29, 0.717) is 21.7 Å². The monoisotopic (exact) mass is 1680 g/mol. The molecule has 0 radical (unpaired) electrons. The van der Waals surface area contributed by atoms with E-state index in [1.807, 2.05) is 59.2 Å². The van der Waals surface area contributed by atoms with Gasteiger partial charge in [-0.15, -0.1) is 90.7 Å². The summed E-state index contributed by atoms with van der Waals surface area (Å²) in [6.45, 7) is 19.2. The van der Waals surface area contributed by atoms with Crippen molar-refractivity contribution in [3.63, 3.8) is 0 Å². The van der Waals surface area contributed by atoms with Gasteiger partial charge < -0.3 is 0 Å². The zero-order chi connectivity index (χ0) is 76.5. The summed E-state index contributed by atoms with van der Waals surface area (Å²) in [5.74, 6) is 0.0808. The molecule has 109 heavy (non-hydrogen) atoms. The van der Waals surface area contributed by atoms with Crippen LogP contribution in [-0.2, 0) is 40.7 Å². The van der Waals surface area contributed by atoms with Crippen molar-refractivity contribution in [3.8, 4) is 68.3 Å². The molecule has 0 unspecified atom stereocenters. The van der Waals surface area contributed by atoms with Gasteiger partial charge in [-0.25, -0.2) is 0 Å². The van der Waals surface area contributed by atoms with Crippen molar-refractivity contribution in [2.24, 2.45) is 0 Å². The standard InChI is InChI=1S/C93H124N2O2S12/c1-9-17-23-29-35-41-47-65-57-69(61-81-89(96)94(15-7)91(98)108-81)100-83(65)73-51-53-75(102-73)85-67(49-43-37-31-25-19-11-3)59-77(104-85)79-63-71-87(106-79)88-72(93(71,55-45-39-33-27-21-13-5)56-46-40-34-28-22-14-6)64-80(107-88)78-60-68(50-44-38-32-26-20-12-4)86(105-78)76-54-52-74(103-76)84-66(48-42-36-30-24-18-10-2)58-70(101-84)62-82-90(97)95(16-8)92(99)109-82/h51-54,57-64H,9-50,55-56H2,1-8H3/b81-61-,82-62-. The summed E-state index contributed by atoms with van der Waals surface area (Å²) in [5, 5.41) is 0. The fourth-order valence-corrected chi connectivity index (χ4v) is 29.4. The molecule has 3 aliphatic rings. The second-order valence-corrected chi connectivity index (χ2v) is 42.9. The fraction of sp³-hybridized carbons (Fsp3) is 0.570. The molecule has 1 aliphatic carbocycles. The van der Waals surface area contributed by atoms with Gasteiger partial charge in [0.25, 0.3) is 11.8 Å². The molecule has 11 rings (SSSR count). The van der Waals surface area contributed by atoms with Gasteiger partial charge in [-0.3, -0.25) is 19.4 Å². The van der Waals surface area contributed by atoms with Crippen molar-refractivity contribution in [3.05, 3.63) is 114 Å². The van der Waals surface area contributed by atoms with Gasteiger partial charge in [-0.05, 0) is 184 Å². The Balaban J connectivity index is 0.975. The summed E-state index contributed by atoms with van der Waals surface area (Å²) < 4.78 is 1.33. The van der Waals surface area contributed by atoms with Crippen LogP contribution in [-0.4, -0.2) is 43.3 Å². The SMILES string of the molecule is CCCCCCCCc1cc(/C=C2\SC(=S)N(CC)C2=O)sc1-c1ccc(-c2sc(-c3cc4c(s3)-c3sc(-c5cc(CCCCCCCC)c(-c6ccc(-c7sc(/C=C8\SC(=S)N(CC)C8=O)cc7CCCCCCCC)s6)s5)cc3C4(CCCCCCCC)CCCCCCCC)cc2CCCCCCCC)s1. The average molecular weight is 1690 g/mol. The van der Waals surface area contributed by atoms with Gasteiger partial charge in [0.1, 0.15) is 8.64 Å². The Labute approximate surface area is 709 Å². The summed E-state index contributed by atoms with van der Waals surface area (Å²) in [7, 11) is 0. The topological polar surface area (TPSA) is 40.6 Å². The Kier molecular flexibility index (Phi) is 35.7. The maximum Gasteiger partial charge on any atom is 0.266 e. The molecule has 2 amide bonds. The number of fused-ring (bicyclic) bond motifs is 3. The normalized spacial score (nSPS) is 15.0. The predicted octanol–water partition coefficient (Wildman–Crippen LogP) is 34.0. The van der Waals surface area contributed by atoms with E-state index in [1.165, 1.54) is 348 Å². The van der Waals surface area contributed by atoms with Crippen molar-refractivity contribution in [2.75, 3.05) is 13.1 Å². The Morgan fingerprint density at radius 1 is 0.303 bits per heavy atom. The summed E-state index contributed by atoms with van der Waals surface area (Å²) in [5.41, 5.74) is 9.16. The molecule has 590 valence electrons. The molecule has 8 aromatic heterocycles. The molecule has 0 bridgehead atoms. The van der Waals surface area contributed by atoms with Gasteiger partial charge in [0.15, 0.2) is 0 Å². The second kappa shape index (κ2) is 44.8. The lowest BCUT2D eigenvalue weighted by atomic mass is 9.71. The van der Waals surface area contributed by atoms with Crippen LogP contribution in [0.4, 0.5) is 0 Å². The molecule has 0 atom stereocenters. The van der Waals surface area contributed by atoms with E-state index in [9.17, 15) is 9.59 Å². The molecule has 0 N–H and O–H groups in total. The Hall–Kier alpha value is -3.10. The number of unbranched alkanes of at least 4 members (excludes halogenated alkanes) is 30. The number of hydrogen-bond donors (Lipinski definition) is 0. The molecule has 0 aromatic carbocycles. The highest BCUT2D eigenvalue weighted by atomic mass is 32.2. The zero-order valence-electron chi connectivity index (χ0n) is 67.2. The third kappa shape index (κ3) is 22.8. The number of rotatable bonds is 52. The molecule has 0 saturated carbocycles. The second-order valence-electron chi connectivity index (χ2n) is 31.0. The molecule has 8 aromatic rings. The summed E-state index contributed by atoms with van der Waals surface area (Å²) in [4.78, 5) is 54.5. The van der Waals surface area contributed by atoms with E-state index in [-0.39, 0.29) is 17.2 Å². The third-order valence-corrected chi connectivity index (χ3v) is 35.7. The van der Waals surface area contributed by atoms with Gasteiger partial charge in [-0.1, -0.05) is 295 Å². The number of hydrogen-bond acceptors (Lipinski definition) is 14. The predicted molar refractivity (Wildman–Crippen MR) is 504 cm³/mol. The van der Waals surface area contributed by atoms with E-state index in [4.69, 9.17) is 24.4 Å². The summed E-state index contributed by atoms with van der Waals surface area (Å²) >= 11 is 30.4. The van der Waals surface area contributed by atoms with E-state index in [0.717, 1.165) is 45.2 Å². The van der Waals surface area contributed by atoms with Gasteiger partial charge in [0.05, 0.1) is 9.81 Å². The first-order chi connectivity index (χ1) is 53.4. The lowest BCUT2D eigenvalue weighted by Gasteiger charge is -2.31. The minimum atomic E-state index is -0.0146. The van der Waals surface area contributed by atoms with Crippen LogP contribution in [0.25, 0.3) is 80.4 Å². The largest absolute Gasteiger partial charge is 0.293 e. The molecule has 0 spiro atoms. The van der Waals surface area contributed by atoms with Crippen molar-refractivity contribution in [1.29, 1.82) is 0 Å². The minimum absolute atomic E-state index is 0.0146. The number of nitrogens with zero attached hydrogens (tertiary/aromatic N) is 2. The van der Waals surface area contributed by atoms with E-state index >= 15 is 0 Å². The number of aryl methyl sites for hydroxylation is 4. The highest BCUT2D eigenvalue weighted by Crippen LogP contribution is 2.63. The van der Waals surface area contributed by atoms with Crippen molar-refractivity contribution < 1.29 is 9.59 Å². The van der Waals surface area contributed by atoms with Gasteiger partial charge >= 0.3 is 0 Å². The van der Waals surface area contributed by atoms with Crippen molar-refractivity contribution in [2.45, 2.75) is 330 Å². The third-order valence-electron chi connectivity index (χ3n) is 22.6. The minimum Gasteiger partial charge on any atom is -0.293 e. The maximum absolute atomic E-state index is 13.6. The Morgan fingerprint density at radius 3 is 0.872 bits per heavy atom. The van der Waals surface area contributed by atoms with Crippen LogP contribution < -0.4 is 0 Å². The van der Waals surface area contributed by atoms with E-state index in [1.54, 1.807) is 30.7 Å². The average Bonchev–Trinajstić information content (AvgIpc) is 1.54. The Morgan fingerprint density at radius 2 is 0.569 bits per heavy atom. The number of amides is 2. The van der Waals surface area contributed by atoms with Crippen LogP contribution in [0, 0.1) is 0 Å². The van der Waals surface area contributed by atoms with Crippen LogP contribution in [0.15, 0.2) is 70.5 Å². The smallest absolute Gasteiger partial charge is 0.266 e. The number of thiocarbonyl (C=S) groups is 2. The number of carbonyl (C=O) groups excluding carboxylic acids is 2. The fourth-order valence-electron chi connectivity index (χ4n) is 16.4. The zero-order valence-corrected chi connectivity index (χ0v) is 76.9. The van der Waals surface area contributed by atoms with E-state index < -0.39 is 0 Å². The summed E-state index contributed by atoms with van der Waals surface area (Å²) in [6, 6.07) is 25.4. The van der Waals surface area contributed by atoms with Gasteiger partial charge in [-0.2, -0.15) is 0 Å². The Bertz CT molecular complexity index is 4000. The lowest BCUT2D eigenvalue weighted by molar-refractivity contribution is -0.122. The molecule has 2 saturated heterocycles. The molecular weight excluding hydrogens is 1560 g/mol. The van der Waals surface area contributed by atoms with Crippen LogP contribution in [0.1, 0.15) is 343 Å².